The van der Waals surface area contributed by atoms with E-state index in [1.54, 1.807) is 0 Å². The zero-order valence-electron chi connectivity index (χ0n) is 9.40. The number of carboxylic acid groups (broad SMARTS) is 1. The van der Waals surface area contributed by atoms with Gasteiger partial charge in [0.2, 0.25) is 0 Å². The van der Waals surface area contributed by atoms with Gasteiger partial charge in [0.15, 0.2) is 0 Å². The van der Waals surface area contributed by atoms with Crippen molar-refractivity contribution < 1.29 is 9.90 Å². The zero-order valence-corrected chi connectivity index (χ0v) is 10.2. The summed E-state index contributed by atoms with van der Waals surface area (Å²) < 4.78 is 0. The minimum Gasteiger partial charge on any atom is -0.480 e. The van der Waals surface area contributed by atoms with E-state index in [2.05, 4.69) is 11.8 Å². The molecule has 0 aromatic heterocycles. The van der Waals surface area contributed by atoms with E-state index < -0.39 is 11.5 Å². The summed E-state index contributed by atoms with van der Waals surface area (Å²) in [6.07, 6.45) is 2.97. The van der Waals surface area contributed by atoms with Gasteiger partial charge in [-0.2, -0.15) is 11.8 Å². The number of likely N-dealkylation sites (tertiary alicyclic amines) is 1. The standard InChI is InChI=1S/C11H19NO2S/c1-8-9(4-7-15-8)12-6-3-5-11(12,2)10(13)14/h8-9H,3-7H2,1-2H3,(H,13,14). The fourth-order valence-corrected chi connectivity index (χ4v) is 4.13. The molecule has 0 saturated carbocycles. The number of carbonyl (C=O) groups is 1. The highest BCUT2D eigenvalue weighted by Gasteiger charge is 2.48. The Balaban J connectivity index is 2.17. The molecule has 15 heavy (non-hydrogen) atoms. The summed E-state index contributed by atoms with van der Waals surface area (Å²) in [6.45, 7) is 5.07. The van der Waals surface area contributed by atoms with Gasteiger partial charge >= 0.3 is 5.97 Å². The van der Waals surface area contributed by atoms with E-state index in [0.29, 0.717) is 11.3 Å². The molecule has 3 atom stereocenters. The molecule has 2 rings (SSSR count). The minimum atomic E-state index is -0.649. The molecule has 1 N–H and O–H groups in total. The van der Waals surface area contributed by atoms with Crippen LogP contribution in [0.5, 0.6) is 0 Å². The highest BCUT2D eigenvalue weighted by Crippen LogP contribution is 2.39. The van der Waals surface area contributed by atoms with Crippen LogP contribution in [0.2, 0.25) is 0 Å². The monoisotopic (exact) mass is 229 g/mol. The molecule has 2 heterocycles. The normalized spacial score (nSPS) is 42.3. The van der Waals surface area contributed by atoms with Crippen molar-refractivity contribution in [3.63, 3.8) is 0 Å². The highest BCUT2D eigenvalue weighted by molar-refractivity contribution is 8.00. The Kier molecular flexibility index (Phi) is 2.99. The Hall–Kier alpha value is -0.220. The van der Waals surface area contributed by atoms with Gasteiger partial charge in [-0.25, -0.2) is 0 Å². The maximum absolute atomic E-state index is 11.3. The molecule has 0 radical (unpaired) electrons. The van der Waals surface area contributed by atoms with Crippen molar-refractivity contribution in [3.05, 3.63) is 0 Å². The number of nitrogens with zero attached hydrogens (tertiary/aromatic N) is 1. The first kappa shape index (κ1) is 11.3. The first-order chi connectivity index (χ1) is 7.05. The molecule has 3 unspecified atom stereocenters. The molecule has 2 aliphatic heterocycles. The molecule has 0 aliphatic carbocycles. The van der Waals surface area contributed by atoms with Crippen LogP contribution in [-0.2, 0) is 4.79 Å². The van der Waals surface area contributed by atoms with E-state index in [-0.39, 0.29) is 0 Å². The van der Waals surface area contributed by atoms with E-state index in [0.717, 1.165) is 25.8 Å². The van der Waals surface area contributed by atoms with Gasteiger partial charge in [0.1, 0.15) is 5.54 Å². The average molecular weight is 229 g/mol. The van der Waals surface area contributed by atoms with Crippen molar-refractivity contribution in [2.75, 3.05) is 12.3 Å². The van der Waals surface area contributed by atoms with Crippen LogP contribution < -0.4 is 0 Å². The Morgan fingerprint density at radius 1 is 1.60 bits per heavy atom. The smallest absolute Gasteiger partial charge is 0.323 e. The van der Waals surface area contributed by atoms with Crippen molar-refractivity contribution in [3.8, 4) is 0 Å². The quantitative estimate of drug-likeness (QED) is 0.784. The molecule has 2 fully saturated rings. The summed E-state index contributed by atoms with van der Waals surface area (Å²) in [4.78, 5) is 13.6. The summed E-state index contributed by atoms with van der Waals surface area (Å²) in [7, 11) is 0. The molecule has 0 amide bonds. The molecular weight excluding hydrogens is 210 g/mol. The van der Waals surface area contributed by atoms with E-state index in [4.69, 9.17) is 0 Å². The third-order valence-corrected chi connectivity index (χ3v) is 5.21. The molecular formula is C11H19NO2S. The average Bonchev–Trinajstić information content (AvgIpc) is 2.72. The lowest BCUT2D eigenvalue weighted by atomic mass is 9.96. The molecule has 2 aliphatic rings. The Labute approximate surface area is 95.2 Å². The zero-order chi connectivity index (χ0) is 11.1. The van der Waals surface area contributed by atoms with Crippen molar-refractivity contribution in [2.45, 2.75) is 49.9 Å². The topological polar surface area (TPSA) is 40.5 Å². The molecule has 0 spiro atoms. The fourth-order valence-electron chi connectivity index (χ4n) is 2.88. The van der Waals surface area contributed by atoms with Gasteiger partial charge in [-0.05, 0) is 38.5 Å². The molecule has 86 valence electrons. The van der Waals surface area contributed by atoms with Crippen LogP contribution in [0.25, 0.3) is 0 Å². The van der Waals surface area contributed by atoms with Gasteiger partial charge in [0, 0.05) is 11.3 Å². The maximum atomic E-state index is 11.3. The van der Waals surface area contributed by atoms with Crippen LogP contribution >= 0.6 is 11.8 Å². The second-order valence-electron chi connectivity index (χ2n) is 4.81. The Morgan fingerprint density at radius 2 is 2.33 bits per heavy atom. The lowest BCUT2D eigenvalue weighted by molar-refractivity contribution is -0.149. The van der Waals surface area contributed by atoms with E-state index in [9.17, 15) is 9.90 Å². The predicted molar refractivity (Wildman–Crippen MR) is 62.3 cm³/mol. The van der Waals surface area contributed by atoms with Crippen molar-refractivity contribution in [2.24, 2.45) is 0 Å². The van der Waals surface area contributed by atoms with Crippen LogP contribution in [0.15, 0.2) is 0 Å². The molecule has 0 bridgehead atoms. The molecule has 0 aromatic rings. The Morgan fingerprint density at radius 3 is 2.87 bits per heavy atom. The number of thioether (sulfide) groups is 1. The summed E-state index contributed by atoms with van der Waals surface area (Å²) >= 11 is 1.97. The lowest BCUT2D eigenvalue weighted by Crippen LogP contribution is -2.54. The summed E-state index contributed by atoms with van der Waals surface area (Å²) in [5.74, 6) is 0.530. The third-order valence-electron chi connectivity index (χ3n) is 3.89. The second-order valence-corrected chi connectivity index (χ2v) is 6.29. The number of rotatable bonds is 2. The Bertz CT molecular complexity index is 271. The molecule has 3 nitrogen and oxygen atoms in total. The highest BCUT2D eigenvalue weighted by atomic mass is 32.2. The summed E-state index contributed by atoms with van der Waals surface area (Å²) in [6, 6.07) is 0.471. The summed E-state index contributed by atoms with van der Waals surface area (Å²) in [5.41, 5.74) is -0.607. The van der Waals surface area contributed by atoms with Crippen molar-refractivity contribution in [1.29, 1.82) is 0 Å². The minimum absolute atomic E-state index is 0.471. The lowest BCUT2D eigenvalue weighted by Gasteiger charge is -2.37. The van der Waals surface area contributed by atoms with Crippen LogP contribution in [0, 0.1) is 0 Å². The fraction of sp³-hybridized carbons (Fsp3) is 0.909. The number of hydrogen-bond acceptors (Lipinski definition) is 3. The predicted octanol–water partition coefficient (Wildman–Crippen LogP) is 1.82. The van der Waals surface area contributed by atoms with Crippen molar-refractivity contribution >= 4 is 17.7 Å². The molecule has 2 saturated heterocycles. The van der Waals surface area contributed by atoms with Crippen LogP contribution in [-0.4, -0.2) is 45.1 Å². The number of hydrogen-bond donors (Lipinski definition) is 1. The van der Waals surface area contributed by atoms with Gasteiger partial charge < -0.3 is 5.11 Å². The first-order valence-corrected chi connectivity index (χ1v) is 6.72. The van der Waals surface area contributed by atoms with Crippen LogP contribution in [0.3, 0.4) is 0 Å². The SMILES string of the molecule is CC1SCCC1N1CCCC1(C)C(=O)O. The molecule has 4 heteroatoms. The van der Waals surface area contributed by atoms with Crippen molar-refractivity contribution in [1.82, 2.24) is 4.90 Å². The van der Waals surface area contributed by atoms with Gasteiger partial charge in [0.05, 0.1) is 0 Å². The summed E-state index contributed by atoms with van der Waals surface area (Å²) in [5, 5.41) is 9.93. The third kappa shape index (κ3) is 1.78. The number of aliphatic carboxylic acids is 1. The largest absolute Gasteiger partial charge is 0.480 e. The van der Waals surface area contributed by atoms with E-state index in [1.807, 2.05) is 18.7 Å². The van der Waals surface area contributed by atoms with Gasteiger partial charge in [0.25, 0.3) is 0 Å². The van der Waals surface area contributed by atoms with Crippen LogP contribution in [0.1, 0.15) is 33.1 Å². The van der Waals surface area contributed by atoms with E-state index in [1.165, 1.54) is 5.75 Å². The maximum Gasteiger partial charge on any atom is 0.323 e. The molecule has 0 aromatic carbocycles. The number of carboxylic acids is 1. The first-order valence-electron chi connectivity index (χ1n) is 5.67. The van der Waals surface area contributed by atoms with Gasteiger partial charge in [-0.3, -0.25) is 9.69 Å². The van der Waals surface area contributed by atoms with Crippen LogP contribution in [0.4, 0.5) is 0 Å². The van der Waals surface area contributed by atoms with Gasteiger partial charge in [-0.15, -0.1) is 0 Å². The van der Waals surface area contributed by atoms with E-state index >= 15 is 0 Å². The van der Waals surface area contributed by atoms with Gasteiger partial charge in [-0.1, -0.05) is 6.92 Å². The second kappa shape index (κ2) is 3.98.